The molecule has 0 radical (unpaired) electrons. The molecule has 0 aromatic heterocycles. The van der Waals surface area contributed by atoms with Gasteiger partial charge in [0, 0.05) is 6.54 Å². The van der Waals surface area contributed by atoms with Crippen LogP contribution in [0, 0.1) is 26.2 Å². The van der Waals surface area contributed by atoms with E-state index in [1.807, 2.05) is 6.07 Å². The van der Waals surface area contributed by atoms with Gasteiger partial charge in [-0.05, 0) is 43.0 Å². The Balaban J connectivity index is 2.03. The average molecular weight is 263 g/mol. The Bertz CT molecular complexity index is 487. The van der Waals surface area contributed by atoms with Crippen molar-refractivity contribution in [3.8, 4) is 0 Å². The molecule has 1 heterocycles. The second-order valence-corrected chi connectivity index (χ2v) is 5.41. The Morgan fingerprint density at radius 1 is 1.32 bits per heavy atom. The van der Waals surface area contributed by atoms with E-state index in [9.17, 15) is 9.90 Å². The first-order chi connectivity index (χ1) is 9.00. The smallest absolute Gasteiger partial charge is 0.233 e. The van der Waals surface area contributed by atoms with E-state index in [1.165, 1.54) is 16.7 Å². The van der Waals surface area contributed by atoms with Crippen LogP contribution in [0.3, 0.4) is 0 Å². The van der Waals surface area contributed by atoms with Gasteiger partial charge in [-0.3, -0.25) is 4.79 Å². The molecular weight excluding hydrogens is 242 g/mol. The predicted octanol–water partition coefficient (Wildman–Crippen LogP) is 1.24. The van der Waals surface area contributed by atoms with E-state index in [0.717, 1.165) is 5.56 Å². The molecule has 0 saturated carbocycles. The second-order valence-electron chi connectivity index (χ2n) is 5.41. The number of nitrogens with one attached hydrogen (secondary N) is 1. The molecule has 0 unspecified atom stereocenters. The predicted molar refractivity (Wildman–Crippen MR) is 72.8 cm³/mol. The molecule has 0 bridgehead atoms. The van der Waals surface area contributed by atoms with E-state index in [-0.39, 0.29) is 12.5 Å². The fourth-order valence-electron chi connectivity index (χ4n) is 2.21. The van der Waals surface area contributed by atoms with Crippen molar-refractivity contribution in [2.45, 2.75) is 27.3 Å². The molecule has 1 amide bonds. The van der Waals surface area contributed by atoms with E-state index in [0.29, 0.717) is 19.8 Å². The van der Waals surface area contributed by atoms with Crippen molar-refractivity contribution in [2.75, 3.05) is 19.8 Å². The topological polar surface area (TPSA) is 58.6 Å². The van der Waals surface area contributed by atoms with Crippen LogP contribution in [-0.4, -0.2) is 30.8 Å². The largest absolute Gasteiger partial charge is 0.395 e. The Kier molecular flexibility index (Phi) is 3.92. The van der Waals surface area contributed by atoms with Gasteiger partial charge in [0.25, 0.3) is 0 Å². The molecule has 1 aromatic carbocycles. The number of rotatable bonds is 4. The summed E-state index contributed by atoms with van der Waals surface area (Å²) in [7, 11) is 0. The Morgan fingerprint density at radius 3 is 2.53 bits per heavy atom. The summed E-state index contributed by atoms with van der Waals surface area (Å²) in [5, 5.41) is 12.2. The van der Waals surface area contributed by atoms with Crippen LogP contribution in [-0.2, 0) is 16.1 Å². The van der Waals surface area contributed by atoms with Crippen molar-refractivity contribution in [3.63, 3.8) is 0 Å². The van der Waals surface area contributed by atoms with Gasteiger partial charge in [-0.25, -0.2) is 0 Å². The summed E-state index contributed by atoms with van der Waals surface area (Å²) in [6.07, 6.45) is 0. The van der Waals surface area contributed by atoms with Crippen LogP contribution in [0.25, 0.3) is 0 Å². The highest BCUT2D eigenvalue weighted by Gasteiger charge is 2.45. The van der Waals surface area contributed by atoms with E-state index < -0.39 is 5.41 Å². The number of carbonyl (C=O) groups excluding carboxylic acids is 1. The van der Waals surface area contributed by atoms with E-state index in [2.05, 4.69) is 32.2 Å². The molecule has 1 fully saturated rings. The summed E-state index contributed by atoms with van der Waals surface area (Å²) < 4.78 is 5.04. The fraction of sp³-hybridized carbons (Fsp3) is 0.533. The summed E-state index contributed by atoms with van der Waals surface area (Å²) in [4.78, 5) is 12.1. The number of amides is 1. The van der Waals surface area contributed by atoms with E-state index >= 15 is 0 Å². The van der Waals surface area contributed by atoms with Crippen molar-refractivity contribution in [1.82, 2.24) is 5.32 Å². The molecule has 1 aliphatic rings. The number of hydrogen-bond acceptors (Lipinski definition) is 3. The summed E-state index contributed by atoms with van der Waals surface area (Å²) in [6, 6.07) is 4.11. The van der Waals surface area contributed by atoms with Crippen LogP contribution in [0.5, 0.6) is 0 Å². The first-order valence-electron chi connectivity index (χ1n) is 6.53. The maximum absolute atomic E-state index is 12.1. The lowest BCUT2D eigenvalue weighted by Crippen LogP contribution is -2.56. The zero-order valence-electron chi connectivity index (χ0n) is 11.7. The van der Waals surface area contributed by atoms with Gasteiger partial charge < -0.3 is 15.2 Å². The number of carbonyl (C=O) groups is 1. The molecule has 104 valence electrons. The highest BCUT2D eigenvalue weighted by atomic mass is 16.5. The van der Waals surface area contributed by atoms with Crippen LogP contribution >= 0.6 is 0 Å². The van der Waals surface area contributed by atoms with Crippen LogP contribution in [0.2, 0.25) is 0 Å². The summed E-state index contributed by atoms with van der Waals surface area (Å²) in [5.41, 5.74) is 4.11. The lowest BCUT2D eigenvalue weighted by atomic mass is 9.86. The van der Waals surface area contributed by atoms with Crippen LogP contribution < -0.4 is 5.32 Å². The normalized spacial score (nSPS) is 16.8. The third-order valence-electron chi connectivity index (χ3n) is 4.15. The zero-order valence-corrected chi connectivity index (χ0v) is 11.7. The molecule has 0 spiro atoms. The molecular formula is C15H21NO3. The average Bonchev–Trinajstić information content (AvgIpc) is 2.34. The van der Waals surface area contributed by atoms with E-state index in [4.69, 9.17) is 4.74 Å². The standard InChI is InChI=1S/C15H21NO3/c1-10-4-5-13(12(3)11(10)2)6-16-14(18)15(7-17)8-19-9-15/h4-5,17H,6-9H2,1-3H3,(H,16,18). The SMILES string of the molecule is Cc1ccc(CNC(=O)C2(CO)COC2)c(C)c1C. The van der Waals surface area contributed by atoms with Gasteiger partial charge in [0.1, 0.15) is 5.41 Å². The first-order valence-corrected chi connectivity index (χ1v) is 6.53. The van der Waals surface area contributed by atoms with Crippen molar-refractivity contribution in [1.29, 1.82) is 0 Å². The van der Waals surface area contributed by atoms with Gasteiger partial charge in [0.05, 0.1) is 19.8 Å². The Labute approximate surface area is 113 Å². The van der Waals surface area contributed by atoms with Gasteiger partial charge >= 0.3 is 0 Å². The number of hydrogen-bond donors (Lipinski definition) is 2. The van der Waals surface area contributed by atoms with Crippen molar-refractivity contribution in [3.05, 3.63) is 34.4 Å². The molecule has 1 aliphatic heterocycles. The lowest BCUT2D eigenvalue weighted by Gasteiger charge is -2.38. The molecule has 1 saturated heterocycles. The van der Waals surface area contributed by atoms with Crippen LogP contribution in [0.1, 0.15) is 22.3 Å². The lowest BCUT2D eigenvalue weighted by molar-refractivity contribution is -0.170. The monoisotopic (exact) mass is 263 g/mol. The second kappa shape index (κ2) is 5.31. The van der Waals surface area contributed by atoms with Crippen molar-refractivity contribution in [2.24, 2.45) is 5.41 Å². The van der Waals surface area contributed by atoms with Gasteiger partial charge in [0.15, 0.2) is 0 Å². The van der Waals surface area contributed by atoms with Crippen LogP contribution in [0.15, 0.2) is 12.1 Å². The number of aliphatic hydroxyl groups excluding tert-OH is 1. The summed E-state index contributed by atoms with van der Waals surface area (Å²) >= 11 is 0. The van der Waals surface area contributed by atoms with Gasteiger partial charge in [-0.2, -0.15) is 0 Å². The Morgan fingerprint density at radius 2 is 2.00 bits per heavy atom. The Hall–Kier alpha value is -1.39. The van der Waals surface area contributed by atoms with Crippen molar-refractivity contribution >= 4 is 5.91 Å². The summed E-state index contributed by atoms with van der Waals surface area (Å²) in [5.74, 6) is -0.126. The molecule has 4 heteroatoms. The van der Waals surface area contributed by atoms with Gasteiger partial charge in [-0.1, -0.05) is 12.1 Å². The molecule has 2 N–H and O–H groups in total. The van der Waals surface area contributed by atoms with Gasteiger partial charge in [0.2, 0.25) is 5.91 Å². The third kappa shape index (κ3) is 2.51. The molecule has 19 heavy (non-hydrogen) atoms. The fourth-order valence-corrected chi connectivity index (χ4v) is 2.21. The highest BCUT2D eigenvalue weighted by Crippen LogP contribution is 2.27. The van der Waals surface area contributed by atoms with Crippen LogP contribution in [0.4, 0.5) is 0 Å². The zero-order chi connectivity index (χ0) is 14.0. The minimum absolute atomic E-state index is 0.126. The van der Waals surface area contributed by atoms with Crippen molar-refractivity contribution < 1.29 is 14.6 Å². The van der Waals surface area contributed by atoms with E-state index in [1.54, 1.807) is 0 Å². The number of aryl methyl sites for hydroxylation is 1. The minimum Gasteiger partial charge on any atom is -0.395 e. The minimum atomic E-state index is -0.729. The molecule has 0 aliphatic carbocycles. The molecule has 0 atom stereocenters. The highest BCUT2D eigenvalue weighted by molar-refractivity contribution is 5.83. The maximum atomic E-state index is 12.1. The molecule has 2 rings (SSSR count). The maximum Gasteiger partial charge on any atom is 0.233 e. The number of aliphatic hydroxyl groups is 1. The molecule has 1 aromatic rings. The first kappa shape index (κ1) is 14.0. The number of benzene rings is 1. The van der Waals surface area contributed by atoms with Gasteiger partial charge in [-0.15, -0.1) is 0 Å². The molecule has 4 nitrogen and oxygen atoms in total. The quantitative estimate of drug-likeness (QED) is 0.859. The third-order valence-corrected chi connectivity index (χ3v) is 4.15. The summed E-state index contributed by atoms with van der Waals surface area (Å²) in [6.45, 7) is 7.18. The number of ether oxygens (including phenoxy) is 1.